The highest BCUT2D eigenvalue weighted by Gasteiger charge is 2.41. The van der Waals surface area contributed by atoms with Crippen molar-refractivity contribution in [2.75, 3.05) is 13.2 Å². The summed E-state index contributed by atoms with van der Waals surface area (Å²) >= 11 is 0. The molecule has 0 aromatic heterocycles. The van der Waals surface area contributed by atoms with E-state index in [9.17, 15) is 5.11 Å². The molecule has 0 spiro atoms. The second kappa shape index (κ2) is 4.19. The standard InChI is InChI=1S/C12H23NO/c1-2-11-4-3-7-12(11,9-14)13-8-10-5-6-10/h10-11,13-14H,2-9H2,1H3. The lowest BCUT2D eigenvalue weighted by molar-refractivity contribution is 0.120. The molecule has 0 radical (unpaired) electrons. The van der Waals surface area contributed by atoms with Gasteiger partial charge in [0.1, 0.15) is 0 Å². The first-order chi connectivity index (χ1) is 6.80. The normalized spacial score (nSPS) is 37.7. The van der Waals surface area contributed by atoms with Crippen LogP contribution >= 0.6 is 0 Å². The van der Waals surface area contributed by atoms with Crippen molar-refractivity contribution >= 4 is 0 Å². The van der Waals surface area contributed by atoms with Gasteiger partial charge >= 0.3 is 0 Å². The fourth-order valence-corrected chi connectivity index (χ4v) is 2.91. The fraction of sp³-hybridized carbons (Fsp3) is 1.00. The lowest BCUT2D eigenvalue weighted by Gasteiger charge is -2.34. The zero-order valence-electron chi connectivity index (χ0n) is 9.26. The van der Waals surface area contributed by atoms with Gasteiger partial charge in [0.2, 0.25) is 0 Å². The molecule has 0 bridgehead atoms. The summed E-state index contributed by atoms with van der Waals surface area (Å²) < 4.78 is 0. The van der Waals surface area contributed by atoms with Crippen LogP contribution in [0.15, 0.2) is 0 Å². The second-order valence-corrected chi connectivity index (χ2v) is 5.14. The van der Waals surface area contributed by atoms with E-state index in [1.54, 1.807) is 0 Å². The number of hydrogen-bond donors (Lipinski definition) is 2. The lowest BCUT2D eigenvalue weighted by Crippen LogP contribution is -2.51. The second-order valence-electron chi connectivity index (χ2n) is 5.14. The molecule has 2 unspecified atom stereocenters. The molecule has 0 aromatic carbocycles. The van der Waals surface area contributed by atoms with Gasteiger partial charge in [-0.3, -0.25) is 0 Å². The molecule has 0 aromatic rings. The van der Waals surface area contributed by atoms with Crippen LogP contribution in [0.3, 0.4) is 0 Å². The third-order valence-electron chi connectivity index (χ3n) is 4.17. The summed E-state index contributed by atoms with van der Waals surface area (Å²) in [6.07, 6.45) is 7.76. The molecular weight excluding hydrogens is 174 g/mol. The van der Waals surface area contributed by atoms with Gasteiger partial charge in [0.05, 0.1) is 6.61 Å². The van der Waals surface area contributed by atoms with Gasteiger partial charge in [-0.1, -0.05) is 19.8 Å². The predicted octanol–water partition coefficient (Wildman–Crippen LogP) is 1.93. The number of nitrogens with one attached hydrogen (secondary N) is 1. The highest BCUT2D eigenvalue weighted by Crippen LogP contribution is 2.38. The molecule has 2 heteroatoms. The molecule has 0 heterocycles. The molecule has 82 valence electrons. The van der Waals surface area contributed by atoms with Gasteiger partial charge in [-0.05, 0) is 44.1 Å². The molecule has 2 aliphatic carbocycles. The van der Waals surface area contributed by atoms with Crippen molar-refractivity contribution in [1.82, 2.24) is 5.32 Å². The Morgan fingerprint density at radius 2 is 2.14 bits per heavy atom. The molecule has 0 aliphatic heterocycles. The molecule has 2 nitrogen and oxygen atoms in total. The summed E-state index contributed by atoms with van der Waals surface area (Å²) in [4.78, 5) is 0. The summed E-state index contributed by atoms with van der Waals surface area (Å²) in [6, 6.07) is 0. The first kappa shape index (κ1) is 10.4. The maximum atomic E-state index is 9.59. The van der Waals surface area contributed by atoms with Crippen LogP contribution in [0.4, 0.5) is 0 Å². The van der Waals surface area contributed by atoms with E-state index in [2.05, 4.69) is 12.2 Å². The van der Waals surface area contributed by atoms with Crippen LogP contribution in [0.1, 0.15) is 45.4 Å². The highest BCUT2D eigenvalue weighted by molar-refractivity contribution is 4.99. The van der Waals surface area contributed by atoms with E-state index in [-0.39, 0.29) is 5.54 Å². The van der Waals surface area contributed by atoms with Crippen molar-refractivity contribution < 1.29 is 5.11 Å². The Bertz CT molecular complexity index is 191. The van der Waals surface area contributed by atoms with E-state index in [0.717, 1.165) is 12.5 Å². The molecule has 2 saturated carbocycles. The molecule has 2 N–H and O–H groups in total. The average molecular weight is 197 g/mol. The summed E-state index contributed by atoms with van der Waals surface area (Å²) in [5.74, 6) is 1.61. The van der Waals surface area contributed by atoms with Crippen LogP contribution < -0.4 is 5.32 Å². The van der Waals surface area contributed by atoms with Gasteiger partial charge in [-0.25, -0.2) is 0 Å². The lowest BCUT2D eigenvalue weighted by atomic mass is 9.85. The van der Waals surface area contributed by atoms with E-state index >= 15 is 0 Å². The van der Waals surface area contributed by atoms with Crippen LogP contribution in [0.2, 0.25) is 0 Å². The van der Waals surface area contributed by atoms with Crippen molar-refractivity contribution in [2.45, 2.75) is 51.0 Å². The number of aliphatic hydroxyl groups is 1. The monoisotopic (exact) mass is 197 g/mol. The summed E-state index contributed by atoms with van der Waals surface area (Å²) in [7, 11) is 0. The minimum atomic E-state index is 0.0807. The summed E-state index contributed by atoms with van der Waals surface area (Å²) in [5, 5.41) is 13.2. The number of rotatable bonds is 5. The van der Waals surface area contributed by atoms with Crippen LogP contribution in [0.5, 0.6) is 0 Å². The van der Waals surface area contributed by atoms with Crippen LogP contribution in [-0.2, 0) is 0 Å². The molecule has 0 saturated heterocycles. The molecule has 2 rings (SSSR count). The van der Waals surface area contributed by atoms with Crippen molar-refractivity contribution in [2.24, 2.45) is 11.8 Å². The van der Waals surface area contributed by atoms with Crippen LogP contribution in [0, 0.1) is 11.8 Å². The Kier molecular flexibility index (Phi) is 3.13. The van der Waals surface area contributed by atoms with E-state index in [1.165, 1.54) is 38.5 Å². The molecule has 2 fully saturated rings. The highest BCUT2D eigenvalue weighted by atomic mass is 16.3. The van der Waals surface area contributed by atoms with E-state index in [4.69, 9.17) is 0 Å². The van der Waals surface area contributed by atoms with Gasteiger partial charge in [0.25, 0.3) is 0 Å². The molecule has 2 aliphatic rings. The minimum absolute atomic E-state index is 0.0807. The van der Waals surface area contributed by atoms with Gasteiger partial charge in [-0.2, -0.15) is 0 Å². The Hall–Kier alpha value is -0.0800. The summed E-state index contributed by atoms with van der Waals surface area (Å²) in [6.45, 7) is 3.72. The quantitative estimate of drug-likeness (QED) is 0.706. The molecule has 0 amide bonds. The largest absolute Gasteiger partial charge is 0.394 e. The Balaban J connectivity index is 1.91. The van der Waals surface area contributed by atoms with E-state index < -0.39 is 0 Å². The van der Waals surface area contributed by atoms with Gasteiger partial charge in [-0.15, -0.1) is 0 Å². The van der Waals surface area contributed by atoms with E-state index in [0.29, 0.717) is 12.5 Å². The molecule has 2 atom stereocenters. The number of aliphatic hydroxyl groups excluding tert-OH is 1. The minimum Gasteiger partial charge on any atom is -0.394 e. The fourth-order valence-electron chi connectivity index (χ4n) is 2.91. The smallest absolute Gasteiger partial charge is 0.0616 e. The van der Waals surface area contributed by atoms with E-state index in [1.807, 2.05) is 0 Å². The van der Waals surface area contributed by atoms with Crippen molar-refractivity contribution in [3.8, 4) is 0 Å². The third kappa shape index (κ3) is 1.96. The molecule has 14 heavy (non-hydrogen) atoms. The van der Waals surface area contributed by atoms with Crippen molar-refractivity contribution in [3.63, 3.8) is 0 Å². The Morgan fingerprint density at radius 1 is 1.36 bits per heavy atom. The first-order valence-electron chi connectivity index (χ1n) is 6.16. The number of hydrogen-bond acceptors (Lipinski definition) is 2. The van der Waals surface area contributed by atoms with Gasteiger partial charge in [0, 0.05) is 5.54 Å². The zero-order valence-corrected chi connectivity index (χ0v) is 9.26. The van der Waals surface area contributed by atoms with Crippen LogP contribution in [-0.4, -0.2) is 23.8 Å². The Morgan fingerprint density at radius 3 is 2.71 bits per heavy atom. The maximum Gasteiger partial charge on any atom is 0.0616 e. The van der Waals surface area contributed by atoms with Crippen molar-refractivity contribution in [1.29, 1.82) is 0 Å². The zero-order chi connectivity index (χ0) is 10.0. The first-order valence-corrected chi connectivity index (χ1v) is 6.16. The summed E-state index contributed by atoms with van der Waals surface area (Å²) in [5.41, 5.74) is 0.0807. The third-order valence-corrected chi connectivity index (χ3v) is 4.17. The molecular formula is C12H23NO. The maximum absolute atomic E-state index is 9.59. The SMILES string of the molecule is CCC1CCCC1(CO)NCC1CC1. The van der Waals surface area contributed by atoms with Crippen molar-refractivity contribution in [3.05, 3.63) is 0 Å². The van der Waals surface area contributed by atoms with Crippen LogP contribution in [0.25, 0.3) is 0 Å². The predicted molar refractivity (Wildman–Crippen MR) is 58.2 cm³/mol. The Labute approximate surface area is 87.1 Å². The van der Waals surface area contributed by atoms with Gasteiger partial charge in [0.15, 0.2) is 0 Å². The topological polar surface area (TPSA) is 32.3 Å². The van der Waals surface area contributed by atoms with Gasteiger partial charge < -0.3 is 10.4 Å². The average Bonchev–Trinajstić information content (AvgIpc) is 2.95.